The summed E-state index contributed by atoms with van der Waals surface area (Å²) in [6.45, 7) is 7.39. The van der Waals surface area contributed by atoms with Gasteiger partial charge in [-0.15, -0.1) is 0 Å². The Bertz CT molecular complexity index is 731. The lowest BCUT2D eigenvalue weighted by Crippen LogP contribution is -2.32. The van der Waals surface area contributed by atoms with Gasteiger partial charge in [0.15, 0.2) is 0 Å². The van der Waals surface area contributed by atoms with E-state index in [0.29, 0.717) is 13.2 Å². The van der Waals surface area contributed by atoms with E-state index >= 15 is 0 Å². The summed E-state index contributed by atoms with van der Waals surface area (Å²) in [5.74, 6) is 0.692. The molecule has 0 radical (unpaired) electrons. The number of aryl methyl sites for hydroxylation is 2. The zero-order valence-corrected chi connectivity index (χ0v) is 16.0. The molecule has 2 rings (SSSR count). The van der Waals surface area contributed by atoms with Crippen LogP contribution < -0.4 is 15.4 Å². The van der Waals surface area contributed by atoms with Crippen molar-refractivity contribution in [3.05, 3.63) is 59.2 Å². The van der Waals surface area contributed by atoms with Crippen LogP contribution in [0.25, 0.3) is 0 Å². The Labute approximate surface area is 155 Å². The molecule has 0 aliphatic rings. The molecular formula is C21H28N2O3. The van der Waals surface area contributed by atoms with Gasteiger partial charge in [-0.2, -0.15) is 0 Å². The number of amides is 1. The van der Waals surface area contributed by atoms with Crippen molar-refractivity contribution in [3.63, 3.8) is 0 Å². The first-order valence-electron chi connectivity index (χ1n) is 8.82. The van der Waals surface area contributed by atoms with Gasteiger partial charge in [0.25, 0.3) is 0 Å². The van der Waals surface area contributed by atoms with Crippen molar-refractivity contribution < 1.29 is 14.3 Å². The lowest BCUT2D eigenvalue weighted by Gasteiger charge is -2.16. The number of rotatable bonds is 9. The average Bonchev–Trinajstić information content (AvgIpc) is 2.63. The number of anilines is 1. The van der Waals surface area contributed by atoms with Crippen LogP contribution in [-0.4, -0.2) is 32.8 Å². The summed E-state index contributed by atoms with van der Waals surface area (Å²) >= 11 is 0. The van der Waals surface area contributed by atoms with Gasteiger partial charge in [-0.05, 0) is 49.6 Å². The summed E-state index contributed by atoms with van der Waals surface area (Å²) in [5.41, 5.74) is 4.43. The summed E-state index contributed by atoms with van der Waals surface area (Å²) in [6.07, 6.45) is 0. The maximum absolute atomic E-state index is 12.2. The Balaban J connectivity index is 1.84. The van der Waals surface area contributed by atoms with Crippen molar-refractivity contribution >= 4 is 11.6 Å². The number of benzene rings is 2. The third-order valence-corrected chi connectivity index (χ3v) is 4.25. The van der Waals surface area contributed by atoms with E-state index in [2.05, 4.69) is 42.7 Å². The highest BCUT2D eigenvalue weighted by atomic mass is 16.5. The fraction of sp³-hybridized carbons (Fsp3) is 0.381. The molecule has 1 unspecified atom stereocenters. The molecule has 5 heteroatoms. The predicted octanol–water partition coefficient (Wildman–Crippen LogP) is 3.62. The number of nitrogens with one attached hydrogen (secondary N) is 2. The smallest absolute Gasteiger partial charge is 0.239 e. The van der Waals surface area contributed by atoms with Gasteiger partial charge in [-0.3, -0.25) is 4.79 Å². The molecular weight excluding hydrogens is 328 g/mol. The molecule has 2 aromatic carbocycles. The molecule has 0 aromatic heterocycles. The Hall–Kier alpha value is -2.53. The van der Waals surface area contributed by atoms with Crippen molar-refractivity contribution in [1.82, 2.24) is 5.32 Å². The molecule has 0 saturated carbocycles. The summed E-state index contributed by atoms with van der Waals surface area (Å²) in [6, 6.07) is 13.8. The predicted molar refractivity (Wildman–Crippen MR) is 105 cm³/mol. The number of hydrogen-bond donors (Lipinski definition) is 2. The van der Waals surface area contributed by atoms with Crippen molar-refractivity contribution in [1.29, 1.82) is 0 Å². The van der Waals surface area contributed by atoms with Crippen LogP contribution in [0.3, 0.4) is 0 Å². The first-order chi connectivity index (χ1) is 12.5. The van der Waals surface area contributed by atoms with Crippen LogP contribution >= 0.6 is 0 Å². The van der Waals surface area contributed by atoms with Crippen LogP contribution in [0, 0.1) is 13.8 Å². The van der Waals surface area contributed by atoms with Crippen molar-refractivity contribution in [2.45, 2.75) is 26.8 Å². The molecule has 0 aliphatic heterocycles. The van der Waals surface area contributed by atoms with Gasteiger partial charge in [0, 0.05) is 18.9 Å². The Morgan fingerprint density at radius 3 is 2.62 bits per heavy atom. The number of hydrogen-bond acceptors (Lipinski definition) is 4. The lowest BCUT2D eigenvalue weighted by atomic mass is 10.0. The molecule has 1 amide bonds. The standard InChI is InChI=1S/C21H28N2O3/c1-15-8-9-18(12-16(15)2)17(3)23-21(24)14-22-19-6-5-7-20(13-19)26-11-10-25-4/h5-9,12-13,17,22H,10-11,14H2,1-4H3,(H,23,24). The van der Waals surface area contributed by atoms with E-state index in [1.54, 1.807) is 7.11 Å². The summed E-state index contributed by atoms with van der Waals surface area (Å²) in [7, 11) is 1.64. The molecule has 0 bridgehead atoms. The molecule has 2 aromatic rings. The van der Waals surface area contributed by atoms with Crippen LogP contribution in [0.5, 0.6) is 5.75 Å². The van der Waals surface area contributed by atoms with Gasteiger partial charge < -0.3 is 20.1 Å². The molecule has 0 spiro atoms. The molecule has 5 nitrogen and oxygen atoms in total. The highest BCUT2D eigenvalue weighted by Crippen LogP contribution is 2.18. The van der Waals surface area contributed by atoms with E-state index < -0.39 is 0 Å². The largest absolute Gasteiger partial charge is 0.491 e. The summed E-state index contributed by atoms with van der Waals surface area (Å²) < 4.78 is 10.5. The SMILES string of the molecule is COCCOc1cccc(NCC(=O)NC(C)c2ccc(C)c(C)c2)c1. The van der Waals surface area contributed by atoms with Gasteiger partial charge in [0.05, 0.1) is 19.2 Å². The fourth-order valence-electron chi connectivity index (χ4n) is 2.53. The topological polar surface area (TPSA) is 59.6 Å². The van der Waals surface area contributed by atoms with Crippen molar-refractivity contribution in [2.75, 3.05) is 32.2 Å². The van der Waals surface area contributed by atoms with E-state index in [-0.39, 0.29) is 18.5 Å². The van der Waals surface area contributed by atoms with Crippen molar-refractivity contribution in [3.8, 4) is 5.75 Å². The minimum Gasteiger partial charge on any atom is -0.491 e. The lowest BCUT2D eigenvalue weighted by molar-refractivity contribution is -0.120. The Morgan fingerprint density at radius 2 is 1.88 bits per heavy atom. The first-order valence-corrected chi connectivity index (χ1v) is 8.82. The van der Waals surface area contributed by atoms with E-state index in [9.17, 15) is 4.79 Å². The second-order valence-corrected chi connectivity index (χ2v) is 6.36. The molecule has 0 fully saturated rings. The van der Waals surface area contributed by atoms with Crippen LogP contribution in [-0.2, 0) is 9.53 Å². The summed E-state index contributed by atoms with van der Waals surface area (Å²) in [4.78, 5) is 12.2. The number of carbonyl (C=O) groups is 1. The first kappa shape index (κ1) is 19.8. The van der Waals surface area contributed by atoms with E-state index in [0.717, 1.165) is 17.0 Å². The van der Waals surface area contributed by atoms with Crippen LogP contribution in [0.4, 0.5) is 5.69 Å². The van der Waals surface area contributed by atoms with E-state index in [1.807, 2.05) is 31.2 Å². The maximum atomic E-state index is 12.2. The van der Waals surface area contributed by atoms with Gasteiger partial charge in [-0.25, -0.2) is 0 Å². The third-order valence-electron chi connectivity index (χ3n) is 4.25. The Kier molecular flexibility index (Phi) is 7.48. The highest BCUT2D eigenvalue weighted by molar-refractivity contribution is 5.81. The minimum atomic E-state index is -0.0542. The van der Waals surface area contributed by atoms with Crippen LogP contribution in [0.1, 0.15) is 29.7 Å². The quantitative estimate of drug-likeness (QED) is 0.674. The molecule has 0 saturated heterocycles. The van der Waals surface area contributed by atoms with Gasteiger partial charge in [0.1, 0.15) is 12.4 Å². The number of ether oxygens (including phenoxy) is 2. The molecule has 0 aliphatic carbocycles. The normalized spacial score (nSPS) is 11.7. The fourth-order valence-corrected chi connectivity index (χ4v) is 2.53. The Morgan fingerprint density at radius 1 is 1.08 bits per heavy atom. The molecule has 1 atom stereocenters. The third kappa shape index (κ3) is 6.08. The van der Waals surface area contributed by atoms with Crippen molar-refractivity contribution in [2.24, 2.45) is 0 Å². The van der Waals surface area contributed by atoms with Gasteiger partial charge >= 0.3 is 0 Å². The molecule has 2 N–H and O–H groups in total. The van der Waals surface area contributed by atoms with E-state index in [1.165, 1.54) is 11.1 Å². The number of carbonyl (C=O) groups excluding carboxylic acids is 1. The summed E-state index contributed by atoms with van der Waals surface area (Å²) in [5, 5.41) is 6.15. The van der Waals surface area contributed by atoms with Crippen LogP contribution in [0.2, 0.25) is 0 Å². The average molecular weight is 356 g/mol. The molecule has 0 heterocycles. The zero-order valence-electron chi connectivity index (χ0n) is 16.0. The second-order valence-electron chi connectivity index (χ2n) is 6.36. The maximum Gasteiger partial charge on any atom is 0.239 e. The van der Waals surface area contributed by atoms with Gasteiger partial charge in [0.2, 0.25) is 5.91 Å². The molecule has 140 valence electrons. The monoisotopic (exact) mass is 356 g/mol. The van der Waals surface area contributed by atoms with Gasteiger partial charge in [-0.1, -0.05) is 24.3 Å². The number of methoxy groups -OCH3 is 1. The molecule has 26 heavy (non-hydrogen) atoms. The zero-order chi connectivity index (χ0) is 18.9. The minimum absolute atomic E-state index is 0.0349. The van der Waals surface area contributed by atoms with E-state index in [4.69, 9.17) is 9.47 Å². The second kappa shape index (κ2) is 9.82. The van der Waals surface area contributed by atoms with Crippen LogP contribution in [0.15, 0.2) is 42.5 Å². The highest BCUT2D eigenvalue weighted by Gasteiger charge is 2.10.